The second kappa shape index (κ2) is 6.21. The SMILES string of the molecule is CC(C)Cc1nc(CSC(C)(C)C)sc1CN. The van der Waals surface area contributed by atoms with Crippen LogP contribution >= 0.6 is 23.1 Å². The van der Waals surface area contributed by atoms with Crippen molar-refractivity contribution in [1.29, 1.82) is 0 Å². The van der Waals surface area contributed by atoms with Gasteiger partial charge in [0.1, 0.15) is 5.01 Å². The van der Waals surface area contributed by atoms with Gasteiger partial charge in [0.25, 0.3) is 0 Å². The maximum atomic E-state index is 5.79. The molecule has 0 radical (unpaired) electrons. The van der Waals surface area contributed by atoms with Crippen molar-refractivity contribution in [2.24, 2.45) is 11.7 Å². The highest BCUT2D eigenvalue weighted by Crippen LogP contribution is 2.30. The lowest BCUT2D eigenvalue weighted by Crippen LogP contribution is -2.07. The van der Waals surface area contributed by atoms with Gasteiger partial charge in [-0.3, -0.25) is 0 Å². The number of hydrogen-bond acceptors (Lipinski definition) is 4. The quantitative estimate of drug-likeness (QED) is 0.885. The van der Waals surface area contributed by atoms with Gasteiger partial charge in [-0.1, -0.05) is 34.6 Å². The molecule has 0 saturated heterocycles. The molecule has 0 unspecified atom stereocenters. The zero-order valence-corrected chi connectivity index (χ0v) is 13.2. The Kier molecular flexibility index (Phi) is 5.48. The molecule has 0 aromatic carbocycles. The Balaban J connectivity index is 2.71. The van der Waals surface area contributed by atoms with Gasteiger partial charge in [-0.25, -0.2) is 4.98 Å². The van der Waals surface area contributed by atoms with E-state index in [4.69, 9.17) is 10.7 Å². The minimum absolute atomic E-state index is 0.298. The molecule has 1 heterocycles. The number of aromatic nitrogens is 1. The highest BCUT2D eigenvalue weighted by Gasteiger charge is 2.15. The Labute approximate surface area is 113 Å². The van der Waals surface area contributed by atoms with Crippen molar-refractivity contribution in [1.82, 2.24) is 4.98 Å². The molecule has 0 aliphatic rings. The smallest absolute Gasteiger partial charge is 0.103 e. The van der Waals surface area contributed by atoms with Gasteiger partial charge >= 0.3 is 0 Å². The fourth-order valence-corrected chi connectivity index (χ4v) is 3.29. The number of nitrogens with two attached hydrogens (primary N) is 1. The van der Waals surface area contributed by atoms with E-state index in [1.54, 1.807) is 11.3 Å². The molecule has 1 aromatic heterocycles. The van der Waals surface area contributed by atoms with Gasteiger partial charge in [-0.05, 0) is 12.3 Å². The molecular weight excluding hydrogens is 248 g/mol. The minimum atomic E-state index is 0.298. The third-order valence-corrected chi connectivity index (χ3v) is 4.82. The van der Waals surface area contributed by atoms with Crippen LogP contribution in [0.5, 0.6) is 0 Å². The largest absolute Gasteiger partial charge is 0.326 e. The molecule has 0 atom stereocenters. The molecule has 4 heteroatoms. The van der Waals surface area contributed by atoms with Crippen LogP contribution in [-0.4, -0.2) is 9.73 Å². The van der Waals surface area contributed by atoms with Gasteiger partial charge in [0, 0.05) is 21.9 Å². The van der Waals surface area contributed by atoms with Crippen molar-refractivity contribution in [3.8, 4) is 0 Å². The Morgan fingerprint density at radius 3 is 2.47 bits per heavy atom. The minimum Gasteiger partial charge on any atom is -0.326 e. The van der Waals surface area contributed by atoms with Crippen LogP contribution in [0.25, 0.3) is 0 Å². The van der Waals surface area contributed by atoms with Gasteiger partial charge in [0.2, 0.25) is 0 Å². The van der Waals surface area contributed by atoms with E-state index in [9.17, 15) is 0 Å². The standard InChI is InChI=1S/C13H24N2S2/c1-9(2)6-10-11(7-14)17-12(15-10)8-16-13(3,4)5/h9H,6-8,14H2,1-5H3. The lowest BCUT2D eigenvalue weighted by Gasteiger charge is -2.16. The summed E-state index contributed by atoms with van der Waals surface area (Å²) in [5.41, 5.74) is 7.00. The fourth-order valence-electron chi connectivity index (χ4n) is 1.48. The summed E-state index contributed by atoms with van der Waals surface area (Å²) in [6, 6.07) is 0. The summed E-state index contributed by atoms with van der Waals surface area (Å²) in [4.78, 5) is 6.01. The molecular formula is C13H24N2S2. The molecule has 1 aromatic rings. The van der Waals surface area contributed by atoms with E-state index in [1.807, 2.05) is 11.8 Å². The van der Waals surface area contributed by atoms with Gasteiger partial charge < -0.3 is 5.73 Å². The zero-order chi connectivity index (χ0) is 13.1. The first-order chi connectivity index (χ1) is 7.81. The van der Waals surface area contributed by atoms with Crippen molar-refractivity contribution in [3.05, 3.63) is 15.6 Å². The first-order valence-electron chi connectivity index (χ1n) is 6.13. The average molecular weight is 272 g/mol. The van der Waals surface area contributed by atoms with E-state index >= 15 is 0 Å². The third-order valence-electron chi connectivity index (χ3n) is 2.24. The van der Waals surface area contributed by atoms with Crippen LogP contribution in [0.15, 0.2) is 0 Å². The molecule has 2 N–H and O–H groups in total. The molecule has 0 amide bonds. The van der Waals surface area contributed by atoms with Crippen molar-refractivity contribution in [3.63, 3.8) is 0 Å². The molecule has 0 spiro atoms. The molecule has 17 heavy (non-hydrogen) atoms. The summed E-state index contributed by atoms with van der Waals surface area (Å²) < 4.78 is 0.298. The van der Waals surface area contributed by atoms with Crippen molar-refractivity contribution >= 4 is 23.1 Å². The van der Waals surface area contributed by atoms with Gasteiger partial charge in [0.15, 0.2) is 0 Å². The number of thioether (sulfide) groups is 1. The second-order valence-electron chi connectivity index (χ2n) is 5.68. The summed E-state index contributed by atoms with van der Waals surface area (Å²) in [6.45, 7) is 11.8. The highest BCUT2D eigenvalue weighted by molar-refractivity contribution is 7.99. The maximum Gasteiger partial charge on any atom is 0.103 e. The van der Waals surface area contributed by atoms with Crippen molar-refractivity contribution < 1.29 is 0 Å². The van der Waals surface area contributed by atoms with Crippen LogP contribution in [0.4, 0.5) is 0 Å². The highest BCUT2D eigenvalue weighted by atomic mass is 32.2. The molecule has 0 aliphatic carbocycles. The van der Waals surface area contributed by atoms with Crippen LogP contribution in [0.2, 0.25) is 0 Å². The van der Waals surface area contributed by atoms with E-state index < -0.39 is 0 Å². The Morgan fingerprint density at radius 2 is 2.00 bits per heavy atom. The summed E-state index contributed by atoms with van der Waals surface area (Å²) >= 11 is 3.73. The van der Waals surface area contributed by atoms with Crippen LogP contribution in [0.3, 0.4) is 0 Å². The lowest BCUT2D eigenvalue weighted by molar-refractivity contribution is 0.633. The summed E-state index contributed by atoms with van der Waals surface area (Å²) in [7, 11) is 0. The molecule has 0 saturated carbocycles. The van der Waals surface area contributed by atoms with Gasteiger partial charge in [0.05, 0.1) is 5.69 Å². The zero-order valence-electron chi connectivity index (χ0n) is 11.5. The van der Waals surface area contributed by atoms with E-state index in [2.05, 4.69) is 34.6 Å². The number of nitrogens with zero attached hydrogens (tertiary/aromatic N) is 1. The van der Waals surface area contributed by atoms with Crippen LogP contribution in [-0.2, 0) is 18.7 Å². The summed E-state index contributed by atoms with van der Waals surface area (Å²) in [5, 5.41) is 1.22. The summed E-state index contributed by atoms with van der Waals surface area (Å²) in [6.07, 6.45) is 1.04. The maximum absolute atomic E-state index is 5.79. The average Bonchev–Trinajstić information content (AvgIpc) is 2.55. The van der Waals surface area contributed by atoms with Crippen LogP contribution < -0.4 is 5.73 Å². The number of rotatable bonds is 5. The normalized spacial score (nSPS) is 12.4. The predicted octanol–water partition coefficient (Wildman–Crippen LogP) is 3.83. The molecule has 98 valence electrons. The Bertz CT molecular complexity index is 351. The van der Waals surface area contributed by atoms with E-state index in [0.717, 1.165) is 12.2 Å². The van der Waals surface area contributed by atoms with Crippen molar-refractivity contribution in [2.75, 3.05) is 0 Å². The molecule has 0 aliphatic heterocycles. The number of hydrogen-bond donors (Lipinski definition) is 1. The monoisotopic (exact) mass is 272 g/mol. The molecule has 2 nitrogen and oxygen atoms in total. The van der Waals surface area contributed by atoms with E-state index in [0.29, 0.717) is 17.2 Å². The van der Waals surface area contributed by atoms with E-state index in [-0.39, 0.29) is 0 Å². The van der Waals surface area contributed by atoms with Crippen LogP contribution in [0.1, 0.15) is 50.2 Å². The topological polar surface area (TPSA) is 38.9 Å². The molecule has 0 bridgehead atoms. The Morgan fingerprint density at radius 1 is 1.35 bits per heavy atom. The second-order valence-corrected chi connectivity index (χ2v) is 8.65. The lowest BCUT2D eigenvalue weighted by atomic mass is 10.1. The molecule has 0 fully saturated rings. The molecule has 1 rings (SSSR count). The van der Waals surface area contributed by atoms with E-state index in [1.165, 1.54) is 15.6 Å². The van der Waals surface area contributed by atoms with Crippen molar-refractivity contribution in [2.45, 2.75) is 58.1 Å². The summed E-state index contributed by atoms with van der Waals surface area (Å²) in [5.74, 6) is 1.64. The third kappa shape index (κ3) is 5.40. The fraction of sp³-hybridized carbons (Fsp3) is 0.769. The predicted molar refractivity (Wildman–Crippen MR) is 79.6 cm³/mol. The first-order valence-corrected chi connectivity index (χ1v) is 7.93. The Hall–Kier alpha value is -0.0600. The van der Waals surface area contributed by atoms with Crippen LogP contribution in [0, 0.1) is 5.92 Å². The number of thiazole rings is 1. The van der Waals surface area contributed by atoms with Gasteiger partial charge in [-0.2, -0.15) is 0 Å². The first kappa shape index (κ1) is 15.0. The van der Waals surface area contributed by atoms with Gasteiger partial charge in [-0.15, -0.1) is 23.1 Å².